The molecule has 0 radical (unpaired) electrons. The molecule has 0 unspecified atom stereocenters. The number of carbonyl (C=O) groups is 1. The van der Waals surface area contributed by atoms with Crippen molar-refractivity contribution in [1.82, 2.24) is 15.5 Å². The van der Waals surface area contributed by atoms with E-state index < -0.39 is 0 Å². The molecule has 136 valence electrons. The van der Waals surface area contributed by atoms with Gasteiger partial charge in [-0.1, -0.05) is 18.0 Å². The number of ether oxygens (including phenoxy) is 1. The number of halogens is 1. The van der Waals surface area contributed by atoms with Gasteiger partial charge in [0.15, 0.2) is 5.82 Å². The first-order valence-electron chi connectivity index (χ1n) is 8.56. The van der Waals surface area contributed by atoms with Crippen molar-refractivity contribution in [3.8, 4) is 0 Å². The Morgan fingerprint density at radius 1 is 1.33 bits per heavy atom. The zero-order valence-corrected chi connectivity index (χ0v) is 14.9. The monoisotopic (exact) mass is 358 g/mol. The van der Waals surface area contributed by atoms with Crippen LogP contribution < -0.4 is 11.1 Å². The molecule has 0 saturated heterocycles. The fourth-order valence-corrected chi connectivity index (χ4v) is 3.65. The Kier molecular flexibility index (Phi) is 7.01. The second kappa shape index (κ2) is 8.78. The van der Waals surface area contributed by atoms with Gasteiger partial charge in [-0.15, -0.1) is 12.4 Å². The first-order chi connectivity index (χ1) is 11.2. The molecule has 3 atom stereocenters. The lowest BCUT2D eigenvalue weighted by molar-refractivity contribution is -0.128. The zero-order chi connectivity index (χ0) is 16.2. The first-order valence-corrected chi connectivity index (χ1v) is 8.56. The van der Waals surface area contributed by atoms with Crippen molar-refractivity contribution >= 4 is 18.3 Å². The SMILES string of the molecule is CO[C@@H]1C[C@@H](C(=O)NCc2noc(C3CCCC3)n2)CC[C@H]1N.Cl. The van der Waals surface area contributed by atoms with E-state index in [1.165, 1.54) is 12.8 Å². The number of hydrogen-bond donors (Lipinski definition) is 2. The van der Waals surface area contributed by atoms with Crippen LogP contribution in [0, 0.1) is 5.92 Å². The molecule has 1 aromatic heterocycles. The van der Waals surface area contributed by atoms with Crippen molar-refractivity contribution in [2.45, 2.75) is 69.6 Å². The van der Waals surface area contributed by atoms with Crippen LogP contribution in [0.4, 0.5) is 0 Å². The van der Waals surface area contributed by atoms with Gasteiger partial charge < -0.3 is 20.3 Å². The molecular weight excluding hydrogens is 332 g/mol. The predicted molar refractivity (Wildman–Crippen MR) is 90.7 cm³/mol. The largest absolute Gasteiger partial charge is 0.380 e. The van der Waals surface area contributed by atoms with Crippen LogP contribution in [0.2, 0.25) is 0 Å². The van der Waals surface area contributed by atoms with Crippen molar-refractivity contribution in [3.63, 3.8) is 0 Å². The Balaban J connectivity index is 0.00000208. The number of nitrogens with two attached hydrogens (primary N) is 1. The third-order valence-electron chi connectivity index (χ3n) is 5.13. The Labute approximate surface area is 148 Å². The van der Waals surface area contributed by atoms with Crippen LogP contribution in [0.5, 0.6) is 0 Å². The standard InChI is InChI=1S/C16H26N4O3.ClH/c1-22-13-8-11(6-7-12(13)17)15(21)18-9-14-19-16(23-20-14)10-4-2-3-5-10;/h10-13H,2-9,17H2,1H3,(H,18,21);1H/t11-,12+,13+;/m0./s1. The minimum atomic E-state index is -0.0547. The van der Waals surface area contributed by atoms with E-state index in [9.17, 15) is 4.79 Å². The zero-order valence-electron chi connectivity index (χ0n) is 14.1. The Bertz CT molecular complexity index is 533. The summed E-state index contributed by atoms with van der Waals surface area (Å²) < 4.78 is 10.7. The molecule has 3 N–H and O–H groups in total. The lowest BCUT2D eigenvalue weighted by Gasteiger charge is -2.32. The number of nitrogens with zero attached hydrogens (tertiary/aromatic N) is 2. The van der Waals surface area contributed by atoms with Crippen LogP contribution >= 0.6 is 12.4 Å². The summed E-state index contributed by atoms with van der Waals surface area (Å²) in [6.45, 7) is 0.315. The highest BCUT2D eigenvalue weighted by Crippen LogP contribution is 2.32. The third-order valence-corrected chi connectivity index (χ3v) is 5.13. The summed E-state index contributed by atoms with van der Waals surface area (Å²) in [5.41, 5.74) is 5.99. The topological polar surface area (TPSA) is 103 Å². The van der Waals surface area contributed by atoms with E-state index in [4.69, 9.17) is 15.0 Å². The molecule has 0 bridgehead atoms. The molecule has 2 aliphatic rings. The van der Waals surface area contributed by atoms with Gasteiger partial charge in [-0.25, -0.2) is 0 Å². The molecule has 1 amide bonds. The number of carbonyl (C=O) groups excluding carboxylic acids is 1. The highest BCUT2D eigenvalue weighted by Gasteiger charge is 2.32. The quantitative estimate of drug-likeness (QED) is 0.833. The predicted octanol–water partition coefficient (Wildman–Crippen LogP) is 1.91. The van der Waals surface area contributed by atoms with E-state index in [1.54, 1.807) is 7.11 Å². The average Bonchev–Trinajstić information content (AvgIpc) is 3.24. The second-order valence-electron chi connectivity index (χ2n) is 6.70. The van der Waals surface area contributed by atoms with Gasteiger partial charge in [0, 0.05) is 25.0 Å². The van der Waals surface area contributed by atoms with Gasteiger partial charge in [0.25, 0.3) is 0 Å². The molecular formula is C16H27ClN4O3. The Morgan fingerprint density at radius 2 is 2.08 bits per heavy atom. The van der Waals surface area contributed by atoms with Gasteiger partial charge in [0.2, 0.25) is 11.8 Å². The molecule has 1 aromatic rings. The summed E-state index contributed by atoms with van der Waals surface area (Å²) in [5.74, 6) is 1.63. The maximum Gasteiger partial charge on any atom is 0.229 e. The summed E-state index contributed by atoms with van der Waals surface area (Å²) in [6, 6.07) is 0.0234. The minimum Gasteiger partial charge on any atom is -0.380 e. The fraction of sp³-hybridized carbons (Fsp3) is 0.812. The van der Waals surface area contributed by atoms with Crippen LogP contribution in [0.3, 0.4) is 0 Å². The van der Waals surface area contributed by atoms with Crippen molar-refractivity contribution in [2.24, 2.45) is 11.7 Å². The molecule has 7 nitrogen and oxygen atoms in total. The molecule has 0 aliphatic heterocycles. The first kappa shape index (κ1) is 19.1. The lowest BCUT2D eigenvalue weighted by atomic mass is 9.83. The number of methoxy groups -OCH3 is 1. The van der Waals surface area contributed by atoms with E-state index in [1.807, 2.05) is 0 Å². The van der Waals surface area contributed by atoms with Gasteiger partial charge >= 0.3 is 0 Å². The van der Waals surface area contributed by atoms with Gasteiger partial charge in [0.1, 0.15) is 0 Å². The van der Waals surface area contributed by atoms with Crippen molar-refractivity contribution in [1.29, 1.82) is 0 Å². The van der Waals surface area contributed by atoms with Crippen LogP contribution in [-0.2, 0) is 16.1 Å². The number of rotatable bonds is 5. The normalized spacial score (nSPS) is 27.7. The van der Waals surface area contributed by atoms with Crippen molar-refractivity contribution in [3.05, 3.63) is 11.7 Å². The van der Waals surface area contributed by atoms with E-state index in [0.29, 0.717) is 24.7 Å². The van der Waals surface area contributed by atoms with Crippen molar-refractivity contribution < 1.29 is 14.1 Å². The summed E-state index contributed by atoms with van der Waals surface area (Å²) >= 11 is 0. The van der Waals surface area contributed by atoms with Gasteiger partial charge in [-0.05, 0) is 32.1 Å². The lowest BCUT2D eigenvalue weighted by Crippen LogP contribution is -2.45. The molecule has 2 fully saturated rings. The van der Waals surface area contributed by atoms with Crippen LogP contribution in [0.15, 0.2) is 4.52 Å². The summed E-state index contributed by atoms with van der Waals surface area (Å²) in [5, 5.41) is 6.89. The number of amides is 1. The maximum absolute atomic E-state index is 12.3. The molecule has 2 saturated carbocycles. The molecule has 24 heavy (non-hydrogen) atoms. The van der Waals surface area contributed by atoms with Crippen LogP contribution in [0.25, 0.3) is 0 Å². The maximum atomic E-state index is 12.3. The number of hydrogen-bond acceptors (Lipinski definition) is 6. The second-order valence-corrected chi connectivity index (χ2v) is 6.70. The number of nitrogens with one attached hydrogen (secondary N) is 1. The Morgan fingerprint density at radius 3 is 2.79 bits per heavy atom. The van der Waals surface area contributed by atoms with Crippen LogP contribution in [0.1, 0.15) is 62.6 Å². The summed E-state index contributed by atoms with van der Waals surface area (Å²) in [6.07, 6.45) is 6.93. The smallest absolute Gasteiger partial charge is 0.229 e. The molecule has 3 rings (SSSR count). The average molecular weight is 359 g/mol. The highest BCUT2D eigenvalue weighted by atomic mass is 35.5. The van der Waals surface area contributed by atoms with Gasteiger partial charge in [0.05, 0.1) is 12.6 Å². The van der Waals surface area contributed by atoms with Gasteiger partial charge in [-0.3, -0.25) is 4.79 Å². The molecule has 8 heteroatoms. The van der Waals surface area contributed by atoms with E-state index in [0.717, 1.165) is 31.6 Å². The Hall–Kier alpha value is -1.18. The molecule has 2 aliphatic carbocycles. The number of aromatic nitrogens is 2. The molecule has 0 spiro atoms. The van der Waals surface area contributed by atoms with E-state index in [2.05, 4.69) is 15.5 Å². The van der Waals surface area contributed by atoms with Crippen molar-refractivity contribution in [2.75, 3.05) is 7.11 Å². The molecule has 0 aromatic carbocycles. The summed E-state index contributed by atoms with van der Waals surface area (Å²) in [4.78, 5) is 16.7. The minimum absolute atomic E-state index is 0. The van der Waals surface area contributed by atoms with Crippen LogP contribution in [-0.4, -0.2) is 35.3 Å². The third kappa shape index (κ3) is 4.46. The van der Waals surface area contributed by atoms with E-state index >= 15 is 0 Å². The van der Waals surface area contributed by atoms with E-state index in [-0.39, 0.29) is 36.4 Å². The summed E-state index contributed by atoms with van der Waals surface area (Å²) in [7, 11) is 1.65. The highest BCUT2D eigenvalue weighted by molar-refractivity contribution is 5.85. The van der Waals surface area contributed by atoms with Gasteiger partial charge in [-0.2, -0.15) is 4.98 Å². The fourth-order valence-electron chi connectivity index (χ4n) is 3.65. The molecule has 1 heterocycles.